The zero-order valence-corrected chi connectivity index (χ0v) is 18.6. The molecule has 2 N–H and O–H groups in total. The van der Waals surface area contributed by atoms with Gasteiger partial charge in [-0.2, -0.15) is 0 Å². The number of primary amides is 1. The lowest BCUT2D eigenvalue weighted by molar-refractivity contribution is -0.00413. The number of carbonyl (C=O) groups excluding carboxylic acids is 1. The topological polar surface area (TPSA) is 55.6 Å². The minimum absolute atomic E-state index is 0.101. The monoisotopic (exact) mass is 416 g/mol. The van der Waals surface area contributed by atoms with Crippen molar-refractivity contribution in [3.05, 3.63) is 107 Å². The predicted octanol–water partition coefficient (Wildman–Crippen LogP) is 4.84. The molecule has 3 aromatic carbocycles. The lowest BCUT2D eigenvalue weighted by Gasteiger charge is -2.37. The van der Waals surface area contributed by atoms with E-state index in [1.807, 2.05) is 24.3 Å². The standard InChI is InChI=1S/C27H32N2O2/c1-27(2,29(3)19-18-21-14-16-24(17-15-21)26(28)30)20-31-25(22-10-6-4-7-11-22)23-12-8-5-9-13-23/h4-17,25H,18-20H2,1-3H3,(H2,28,30). The first-order chi connectivity index (χ1) is 14.9. The summed E-state index contributed by atoms with van der Waals surface area (Å²) in [5, 5.41) is 0. The highest BCUT2D eigenvalue weighted by Crippen LogP contribution is 2.28. The van der Waals surface area contributed by atoms with Crippen LogP contribution in [0, 0.1) is 0 Å². The average molecular weight is 417 g/mol. The summed E-state index contributed by atoms with van der Waals surface area (Å²) < 4.78 is 6.50. The van der Waals surface area contributed by atoms with E-state index in [1.165, 1.54) is 5.56 Å². The summed E-state index contributed by atoms with van der Waals surface area (Å²) in [6.07, 6.45) is 0.788. The highest BCUT2D eigenvalue weighted by molar-refractivity contribution is 5.92. The Morgan fingerprint density at radius 3 is 1.90 bits per heavy atom. The van der Waals surface area contributed by atoms with E-state index in [4.69, 9.17) is 10.5 Å². The summed E-state index contributed by atoms with van der Waals surface area (Å²) in [5.41, 5.74) is 9.21. The molecule has 0 aliphatic heterocycles. The van der Waals surface area contributed by atoms with Gasteiger partial charge in [0.25, 0.3) is 0 Å². The summed E-state index contributed by atoms with van der Waals surface area (Å²) >= 11 is 0. The number of likely N-dealkylation sites (N-methyl/N-ethyl adjacent to an activating group) is 1. The molecule has 0 aliphatic carbocycles. The van der Waals surface area contributed by atoms with Crippen LogP contribution < -0.4 is 5.73 Å². The first-order valence-electron chi connectivity index (χ1n) is 10.7. The molecule has 4 heteroatoms. The fraction of sp³-hybridized carbons (Fsp3) is 0.296. The SMILES string of the molecule is CN(CCc1ccc(C(N)=O)cc1)C(C)(C)COC(c1ccccc1)c1ccccc1. The maximum Gasteiger partial charge on any atom is 0.248 e. The van der Waals surface area contributed by atoms with E-state index < -0.39 is 5.91 Å². The van der Waals surface area contributed by atoms with E-state index in [0.717, 1.165) is 24.1 Å². The van der Waals surface area contributed by atoms with Gasteiger partial charge in [-0.1, -0.05) is 72.8 Å². The van der Waals surface area contributed by atoms with Crippen molar-refractivity contribution in [2.75, 3.05) is 20.2 Å². The van der Waals surface area contributed by atoms with Crippen molar-refractivity contribution in [2.24, 2.45) is 5.73 Å². The molecule has 0 aliphatic rings. The Labute approximate surface area is 185 Å². The molecule has 3 rings (SSSR count). The van der Waals surface area contributed by atoms with Gasteiger partial charge < -0.3 is 10.5 Å². The van der Waals surface area contributed by atoms with Gasteiger partial charge in [-0.25, -0.2) is 0 Å². The third-order valence-electron chi connectivity index (χ3n) is 5.82. The zero-order chi connectivity index (χ0) is 22.3. The number of hydrogen-bond acceptors (Lipinski definition) is 3. The van der Waals surface area contributed by atoms with E-state index in [0.29, 0.717) is 12.2 Å². The van der Waals surface area contributed by atoms with Crippen LogP contribution in [-0.4, -0.2) is 36.5 Å². The van der Waals surface area contributed by atoms with Gasteiger partial charge in [0.2, 0.25) is 5.91 Å². The Kier molecular flexibility index (Phi) is 7.61. The van der Waals surface area contributed by atoms with Crippen LogP contribution in [0.15, 0.2) is 84.9 Å². The van der Waals surface area contributed by atoms with Crippen molar-refractivity contribution in [1.82, 2.24) is 4.90 Å². The molecule has 4 nitrogen and oxygen atoms in total. The number of amides is 1. The fourth-order valence-electron chi connectivity index (χ4n) is 3.47. The molecule has 0 radical (unpaired) electrons. The van der Waals surface area contributed by atoms with Crippen molar-refractivity contribution in [3.8, 4) is 0 Å². The minimum Gasteiger partial charge on any atom is -0.367 e. The molecular formula is C27H32N2O2. The maximum atomic E-state index is 11.2. The molecule has 0 spiro atoms. The Balaban J connectivity index is 1.63. The average Bonchev–Trinajstić information content (AvgIpc) is 2.79. The zero-order valence-electron chi connectivity index (χ0n) is 18.6. The molecule has 0 saturated heterocycles. The summed E-state index contributed by atoms with van der Waals surface area (Å²) in [5.74, 6) is -0.395. The lowest BCUT2D eigenvalue weighted by Crippen LogP contribution is -2.46. The van der Waals surface area contributed by atoms with Crippen LogP contribution in [0.2, 0.25) is 0 Å². The molecule has 0 fully saturated rings. The number of carbonyl (C=O) groups is 1. The first-order valence-corrected chi connectivity index (χ1v) is 10.7. The second kappa shape index (κ2) is 10.4. The van der Waals surface area contributed by atoms with Crippen molar-refractivity contribution in [2.45, 2.75) is 31.9 Å². The maximum absolute atomic E-state index is 11.2. The molecule has 31 heavy (non-hydrogen) atoms. The van der Waals surface area contributed by atoms with Gasteiger partial charge in [0.15, 0.2) is 0 Å². The highest BCUT2D eigenvalue weighted by Gasteiger charge is 2.26. The summed E-state index contributed by atoms with van der Waals surface area (Å²) in [6, 6.07) is 28.2. The minimum atomic E-state index is -0.395. The number of hydrogen-bond donors (Lipinski definition) is 1. The molecular weight excluding hydrogens is 384 g/mol. The molecule has 0 unspecified atom stereocenters. The fourth-order valence-corrected chi connectivity index (χ4v) is 3.47. The number of nitrogens with two attached hydrogens (primary N) is 1. The van der Waals surface area contributed by atoms with Gasteiger partial charge in [-0.15, -0.1) is 0 Å². The third-order valence-corrected chi connectivity index (χ3v) is 5.82. The number of ether oxygens (including phenoxy) is 1. The van der Waals surface area contributed by atoms with E-state index in [9.17, 15) is 4.79 Å². The first kappa shape index (κ1) is 22.7. The van der Waals surface area contributed by atoms with Gasteiger partial charge in [0.05, 0.1) is 6.61 Å². The van der Waals surface area contributed by atoms with E-state index in [1.54, 1.807) is 12.1 Å². The number of rotatable bonds is 10. The molecule has 162 valence electrons. The van der Waals surface area contributed by atoms with Gasteiger partial charge in [-0.3, -0.25) is 9.69 Å². The normalized spacial score (nSPS) is 11.8. The van der Waals surface area contributed by atoms with Crippen LogP contribution in [0.5, 0.6) is 0 Å². The summed E-state index contributed by atoms with van der Waals surface area (Å²) in [6.45, 7) is 5.89. The van der Waals surface area contributed by atoms with Crippen LogP contribution in [0.25, 0.3) is 0 Å². The van der Waals surface area contributed by atoms with Crippen LogP contribution in [0.3, 0.4) is 0 Å². The summed E-state index contributed by atoms with van der Waals surface area (Å²) in [7, 11) is 2.13. The van der Waals surface area contributed by atoms with E-state index >= 15 is 0 Å². The Morgan fingerprint density at radius 2 is 1.42 bits per heavy atom. The van der Waals surface area contributed by atoms with Crippen LogP contribution in [0.1, 0.15) is 47.0 Å². The van der Waals surface area contributed by atoms with E-state index in [2.05, 4.69) is 74.3 Å². The van der Waals surface area contributed by atoms with Gasteiger partial charge in [0, 0.05) is 17.6 Å². The van der Waals surface area contributed by atoms with Crippen molar-refractivity contribution in [3.63, 3.8) is 0 Å². The number of benzene rings is 3. The smallest absolute Gasteiger partial charge is 0.248 e. The van der Waals surface area contributed by atoms with Gasteiger partial charge in [-0.05, 0) is 56.1 Å². The Bertz CT molecular complexity index is 914. The Morgan fingerprint density at radius 1 is 0.903 bits per heavy atom. The van der Waals surface area contributed by atoms with Crippen molar-refractivity contribution >= 4 is 5.91 Å². The van der Waals surface area contributed by atoms with Gasteiger partial charge in [0.1, 0.15) is 6.10 Å². The molecule has 0 saturated carbocycles. The molecule has 3 aromatic rings. The quantitative estimate of drug-likeness (QED) is 0.514. The molecule has 0 atom stereocenters. The molecule has 0 aromatic heterocycles. The van der Waals surface area contributed by atoms with Crippen molar-refractivity contribution < 1.29 is 9.53 Å². The molecule has 0 bridgehead atoms. The van der Waals surface area contributed by atoms with Crippen LogP contribution in [-0.2, 0) is 11.2 Å². The van der Waals surface area contributed by atoms with Crippen molar-refractivity contribution in [1.29, 1.82) is 0 Å². The second-order valence-electron chi connectivity index (χ2n) is 8.56. The number of nitrogens with zero attached hydrogens (tertiary/aromatic N) is 1. The van der Waals surface area contributed by atoms with E-state index in [-0.39, 0.29) is 11.6 Å². The van der Waals surface area contributed by atoms with Crippen LogP contribution >= 0.6 is 0 Å². The highest BCUT2D eigenvalue weighted by atomic mass is 16.5. The largest absolute Gasteiger partial charge is 0.367 e. The predicted molar refractivity (Wildman–Crippen MR) is 126 cm³/mol. The van der Waals surface area contributed by atoms with Gasteiger partial charge >= 0.3 is 0 Å². The second-order valence-corrected chi connectivity index (χ2v) is 8.56. The third kappa shape index (κ3) is 6.27. The molecule has 0 heterocycles. The van der Waals surface area contributed by atoms with Crippen LogP contribution in [0.4, 0.5) is 0 Å². The lowest BCUT2D eigenvalue weighted by atomic mass is 10.00. The summed E-state index contributed by atoms with van der Waals surface area (Å²) in [4.78, 5) is 13.6. The Hall–Kier alpha value is -2.95. The molecule has 1 amide bonds.